The van der Waals surface area contributed by atoms with Crippen molar-refractivity contribution >= 4 is 33.4 Å². The molecule has 1 amide bonds. The lowest BCUT2D eigenvalue weighted by atomic mass is 10.0. The lowest BCUT2D eigenvalue weighted by Crippen LogP contribution is -2.14. The number of carbonyl (C=O) groups excluding carboxylic acids is 1. The zero-order valence-electron chi connectivity index (χ0n) is 16.0. The SMILES string of the molecule is CCn1c2ccccc2c2cc(NC(=O)c3c(C)noc3C(C)C)ccc21. The summed E-state index contributed by atoms with van der Waals surface area (Å²) in [5.41, 5.74) is 4.28. The first kappa shape index (κ1) is 17.3. The van der Waals surface area contributed by atoms with Crippen molar-refractivity contribution in [1.29, 1.82) is 0 Å². The Hall–Kier alpha value is -3.08. The Kier molecular flexibility index (Phi) is 4.22. The molecule has 0 radical (unpaired) electrons. The van der Waals surface area contributed by atoms with E-state index in [-0.39, 0.29) is 11.8 Å². The number of hydrogen-bond donors (Lipinski definition) is 1. The van der Waals surface area contributed by atoms with Gasteiger partial charge in [-0.25, -0.2) is 0 Å². The maximum absolute atomic E-state index is 12.9. The number of amides is 1. The van der Waals surface area contributed by atoms with Gasteiger partial charge in [-0.1, -0.05) is 37.2 Å². The van der Waals surface area contributed by atoms with Crippen LogP contribution in [0, 0.1) is 6.92 Å². The predicted octanol–water partition coefficient (Wildman–Crippen LogP) is 5.49. The first-order chi connectivity index (χ1) is 13.0. The average molecular weight is 361 g/mol. The Morgan fingerprint density at radius 3 is 2.63 bits per heavy atom. The molecule has 0 aliphatic carbocycles. The summed E-state index contributed by atoms with van der Waals surface area (Å²) in [5, 5.41) is 9.31. The molecule has 4 aromatic rings. The van der Waals surface area contributed by atoms with Gasteiger partial charge >= 0.3 is 0 Å². The molecule has 0 saturated carbocycles. The van der Waals surface area contributed by atoms with Gasteiger partial charge in [0.2, 0.25) is 0 Å². The minimum absolute atomic E-state index is 0.0944. The van der Waals surface area contributed by atoms with E-state index >= 15 is 0 Å². The van der Waals surface area contributed by atoms with Crippen LogP contribution in [0.4, 0.5) is 5.69 Å². The summed E-state index contributed by atoms with van der Waals surface area (Å²) < 4.78 is 7.64. The number of nitrogens with one attached hydrogen (secondary N) is 1. The smallest absolute Gasteiger partial charge is 0.261 e. The van der Waals surface area contributed by atoms with E-state index in [1.165, 1.54) is 16.4 Å². The molecule has 0 saturated heterocycles. The number of nitrogens with zero attached hydrogens (tertiary/aromatic N) is 2. The van der Waals surface area contributed by atoms with Gasteiger partial charge < -0.3 is 14.4 Å². The molecule has 138 valence electrons. The van der Waals surface area contributed by atoms with Crippen molar-refractivity contribution < 1.29 is 9.32 Å². The van der Waals surface area contributed by atoms with E-state index in [4.69, 9.17) is 4.52 Å². The van der Waals surface area contributed by atoms with Crippen molar-refractivity contribution in [2.75, 3.05) is 5.32 Å². The predicted molar refractivity (Wildman–Crippen MR) is 108 cm³/mol. The number of carbonyl (C=O) groups is 1. The number of aromatic nitrogens is 2. The molecular weight excluding hydrogens is 338 g/mol. The number of para-hydroxylation sites is 1. The maximum Gasteiger partial charge on any atom is 0.261 e. The van der Waals surface area contributed by atoms with Crippen molar-refractivity contribution in [3.05, 3.63) is 59.5 Å². The largest absolute Gasteiger partial charge is 0.360 e. The molecule has 1 N–H and O–H groups in total. The summed E-state index contributed by atoms with van der Waals surface area (Å²) in [6.07, 6.45) is 0. The van der Waals surface area contributed by atoms with E-state index < -0.39 is 0 Å². The molecule has 27 heavy (non-hydrogen) atoms. The number of fused-ring (bicyclic) bond motifs is 3. The Morgan fingerprint density at radius 1 is 1.15 bits per heavy atom. The molecule has 4 rings (SSSR count). The Labute approximate surface area is 158 Å². The van der Waals surface area contributed by atoms with Gasteiger partial charge in [0, 0.05) is 40.0 Å². The van der Waals surface area contributed by atoms with Crippen molar-refractivity contribution in [1.82, 2.24) is 9.72 Å². The zero-order valence-corrected chi connectivity index (χ0v) is 16.0. The van der Waals surface area contributed by atoms with Crippen LogP contribution in [0.25, 0.3) is 21.8 Å². The summed E-state index contributed by atoms with van der Waals surface area (Å²) >= 11 is 0. The van der Waals surface area contributed by atoms with Crippen LogP contribution in [0.3, 0.4) is 0 Å². The van der Waals surface area contributed by atoms with E-state index in [1.807, 2.05) is 32.0 Å². The fourth-order valence-corrected chi connectivity index (χ4v) is 3.72. The highest BCUT2D eigenvalue weighted by atomic mass is 16.5. The van der Waals surface area contributed by atoms with Crippen LogP contribution in [0.1, 0.15) is 48.5 Å². The summed E-state index contributed by atoms with van der Waals surface area (Å²) in [4.78, 5) is 12.9. The number of aryl methyl sites for hydroxylation is 2. The number of hydrogen-bond acceptors (Lipinski definition) is 3. The molecule has 5 heteroatoms. The summed E-state index contributed by atoms with van der Waals surface area (Å²) in [7, 11) is 0. The lowest BCUT2D eigenvalue weighted by Gasteiger charge is -2.08. The van der Waals surface area contributed by atoms with E-state index in [2.05, 4.69) is 46.2 Å². The highest BCUT2D eigenvalue weighted by molar-refractivity contribution is 6.11. The highest BCUT2D eigenvalue weighted by Crippen LogP contribution is 2.31. The van der Waals surface area contributed by atoms with Crippen LogP contribution >= 0.6 is 0 Å². The van der Waals surface area contributed by atoms with Crippen LogP contribution < -0.4 is 5.32 Å². The molecule has 2 aromatic carbocycles. The van der Waals surface area contributed by atoms with Gasteiger partial charge in [-0.2, -0.15) is 0 Å². The van der Waals surface area contributed by atoms with E-state index in [1.54, 1.807) is 6.92 Å². The third kappa shape index (κ3) is 2.79. The average Bonchev–Trinajstić information content (AvgIpc) is 3.19. The van der Waals surface area contributed by atoms with Crippen LogP contribution in [0.15, 0.2) is 47.0 Å². The Morgan fingerprint density at radius 2 is 1.89 bits per heavy atom. The fraction of sp³-hybridized carbons (Fsp3) is 0.273. The second kappa shape index (κ2) is 6.58. The molecule has 0 spiro atoms. The van der Waals surface area contributed by atoms with Gasteiger partial charge in [-0.15, -0.1) is 0 Å². The summed E-state index contributed by atoms with van der Waals surface area (Å²) in [6, 6.07) is 14.4. The zero-order chi connectivity index (χ0) is 19.1. The number of anilines is 1. The summed E-state index contributed by atoms with van der Waals surface area (Å²) in [5.74, 6) is 0.529. The number of benzene rings is 2. The van der Waals surface area contributed by atoms with Gasteiger partial charge in [0.05, 0.1) is 5.69 Å². The molecule has 0 aliphatic rings. The third-order valence-corrected chi connectivity index (χ3v) is 4.99. The minimum Gasteiger partial charge on any atom is -0.360 e. The molecule has 0 unspecified atom stereocenters. The van der Waals surface area contributed by atoms with Crippen LogP contribution in [-0.2, 0) is 6.54 Å². The highest BCUT2D eigenvalue weighted by Gasteiger charge is 2.23. The second-order valence-corrected chi connectivity index (χ2v) is 7.11. The molecule has 2 aromatic heterocycles. The maximum atomic E-state index is 12.9. The Bertz CT molecular complexity index is 1150. The molecule has 0 aliphatic heterocycles. The molecule has 5 nitrogen and oxygen atoms in total. The molecule has 0 atom stereocenters. The van der Waals surface area contributed by atoms with Crippen molar-refractivity contribution in [2.45, 2.75) is 40.2 Å². The molecular formula is C22H23N3O2. The van der Waals surface area contributed by atoms with Crippen LogP contribution in [-0.4, -0.2) is 15.6 Å². The van der Waals surface area contributed by atoms with E-state index in [0.29, 0.717) is 17.0 Å². The van der Waals surface area contributed by atoms with E-state index in [9.17, 15) is 4.79 Å². The first-order valence-electron chi connectivity index (χ1n) is 9.29. The quantitative estimate of drug-likeness (QED) is 0.523. The normalized spacial score (nSPS) is 11.6. The Balaban J connectivity index is 1.76. The fourth-order valence-electron chi connectivity index (χ4n) is 3.72. The molecule has 0 bridgehead atoms. The van der Waals surface area contributed by atoms with Gasteiger partial charge in [-0.3, -0.25) is 4.79 Å². The molecule has 0 fully saturated rings. The standard InChI is InChI=1S/C22H23N3O2/c1-5-25-18-9-7-6-8-16(18)17-12-15(10-11-19(17)25)23-22(26)20-14(4)24-27-21(20)13(2)3/h6-13H,5H2,1-4H3,(H,23,26). The van der Waals surface area contributed by atoms with Crippen molar-refractivity contribution in [3.63, 3.8) is 0 Å². The van der Waals surface area contributed by atoms with E-state index in [0.717, 1.165) is 17.6 Å². The van der Waals surface area contributed by atoms with Gasteiger partial charge in [-0.05, 0) is 38.1 Å². The van der Waals surface area contributed by atoms with Crippen LogP contribution in [0.2, 0.25) is 0 Å². The topological polar surface area (TPSA) is 60.1 Å². The van der Waals surface area contributed by atoms with Gasteiger partial charge in [0.1, 0.15) is 5.56 Å². The van der Waals surface area contributed by atoms with Crippen LogP contribution in [0.5, 0.6) is 0 Å². The van der Waals surface area contributed by atoms with Gasteiger partial charge in [0.15, 0.2) is 5.76 Å². The number of rotatable bonds is 4. The van der Waals surface area contributed by atoms with Gasteiger partial charge in [0.25, 0.3) is 5.91 Å². The third-order valence-electron chi connectivity index (χ3n) is 4.99. The second-order valence-electron chi connectivity index (χ2n) is 7.11. The lowest BCUT2D eigenvalue weighted by molar-refractivity contribution is 0.102. The summed E-state index contributed by atoms with van der Waals surface area (Å²) in [6.45, 7) is 8.81. The monoisotopic (exact) mass is 361 g/mol. The molecule has 2 heterocycles. The van der Waals surface area contributed by atoms with Crippen molar-refractivity contribution in [3.8, 4) is 0 Å². The minimum atomic E-state index is -0.184. The van der Waals surface area contributed by atoms with Crippen molar-refractivity contribution in [2.24, 2.45) is 0 Å². The first-order valence-corrected chi connectivity index (χ1v) is 9.29.